The van der Waals surface area contributed by atoms with Crippen LogP contribution >= 0.6 is 35.6 Å². The number of methoxy groups -OCH3 is 1. The molecule has 162 valence electrons. The van der Waals surface area contributed by atoms with Crippen molar-refractivity contribution in [1.29, 1.82) is 0 Å². The summed E-state index contributed by atoms with van der Waals surface area (Å²) in [6, 6.07) is 11.5. The third-order valence-electron chi connectivity index (χ3n) is 4.36. The first-order valence-corrected chi connectivity index (χ1v) is 10.2. The average Bonchev–Trinajstić information content (AvgIpc) is 2.58. The van der Waals surface area contributed by atoms with Crippen LogP contribution in [0.5, 0.6) is 11.5 Å². The SMILES string of the molecule is COc1cc(CNC(C)(C)CC(C)(C)C)cc(Cl)c1OCc1ccccc1Cl.Cl. The van der Waals surface area contributed by atoms with Gasteiger partial charge in [0, 0.05) is 22.7 Å². The van der Waals surface area contributed by atoms with E-state index >= 15 is 0 Å². The first kappa shape index (κ1) is 25.9. The molecule has 0 unspecified atom stereocenters. The minimum atomic E-state index is 0. The van der Waals surface area contributed by atoms with Crippen molar-refractivity contribution < 1.29 is 9.47 Å². The van der Waals surface area contributed by atoms with Crippen molar-refractivity contribution in [1.82, 2.24) is 5.32 Å². The molecule has 2 rings (SSSR count). The van der Waals surface area contributed by atoms with Gasteiger partial charge in [-0.05, 0) is 49.4 Å². The van der Waals surface area contributed by atoms with E-state index in [9.17, 15) is 0 Å². The van der Waals surface area contributed by atoms with Crippen molar-refractivity contribution in [3.8, 4) is 11.5 Å². The van der Waals surface area contributed by atoms with E-state index < -0.39 is 0 Å². The van der Waals surface area contributed by atoms with E-state index in [0.717, 1.165) is 17.5 Å². The lowest BCUT2D eigenvalue weighted by molar-refractivity contribution is 0.240. The Morgan fingerprint density at radius 3 is 2.21 bits per heavy atom. The van der Waals surface area contributed by atoms with Crippen LogP contribution in [0.15, 0.2) is 36.4 Å². The summed E-state index contributed by atoms with van der Waals surface area (Å²) in [4.78, 5) is 0. The number of halogens is 3. The fraction of sp³-hybridized carbons (Fsp3) is 0.478. The predicted octanol–water partition coefficient (Wildman–Crippen LogP) is 7.31. The largest absolute Gasteiger partial charge is 0.493 e. The summed E-state index contributed by atoms with van der Waals surface area (Å²) in [7, 11) is 1.62. The highest BCUT2D eigenvalue weighted by Crippen LogP contribution is 2.37. The highest BCUT2D eigenvalue weighted by atomic mass is 35.5. The standard InChI is InChI=1S/C23H31Cl2NO2.ClH/c1-22(2,3)15-23(4,5)26-13-16-11-19(25)21(20(12-16)27-6)28-14-17-9-7-8-10-18(17)24;/h7-12,26H,13-15H2,1-6H3;1H. The molecule has 0 heterocycles. The summed E-state index contributed by atoms with van der Waals surface area (Å²) in [6.45, 7) is 12.2. The van der Waals surface area contributed by atoms with Crippen LogP contribution in [0.1, 0.15) is 52.2 Å². The molecule has 2 aromatic rings. The Labute approximate surface area is 191 Å². The maximum absolute atomic E-state index is 6.51. The fourth-order valence-corrected chi connectivity index (χ4v) is 3.99. The van der Waals surface area contributed by atoms with E-state index in [0.29, 0.717) is 34.7 Å². The third-order valence-corrected chi connectivity index (χ3v) is 5.01. The zero-order valence-electron chi connectivity index (χ0n) is 18.1. The Hall–Kier alpha value is -1.13. The van der Waals surface area contributed by atoms with Gasteiger partial charge < -0.3 is 14.8 Å². The lowest BCUT2D eigenvalue weighted by Gasteiger charge is -2.33. The van der Waals surface area contributed by atoms with Gasteiger partial charge in [-0.15, -0.1) is 12.4 Å². The number of rotatable bonds is 8. The molecule has 0 amide bonds. The molecule has 0 aliphatic rings. The monoisotopic (exact) mass is 459 g/mol. The van der Waals surface area contributed by atoms with Gasteiger partial charge in [-0.1, -0.05) is 62.2 Å². The number of hydrogen-bond donors (Lipinski definition) is 1. The number of nitrogens with one attached hydrogen (secondary N) is 1. The number of ether oxygens (including phenoxy) is 2. The Bertz CT molecular complexity index is 801. The van der Waals surface area contributed by atoms with Crippen molar-refractivity contribution in [3.63, 3.8) is 0 Å². The second kappa shape index (κ2) is 10.8. The second-order valence-electron chi connectivity index (χ2n) is 8.96. The number of benzene rings is 2. The minimum Gasteiger partial charge on any atom is -0.493 e. The zero-order chi connectivity index (χ0) is 20.9. The van der Waals surface area contributed by atoms with Crippen molar-refractivity contribution >= 4 is 35.6 Å². The molecule has 0 saturated carbocycles. The van der Waals surface area contributed by atoms with E-state index in [1.54, 1.807) is 7.11 Å². The molecule has 0 aliphatic heterocycles. The third kappa shape index (κ3) is 8.25. The van der Waals surface area contributed by atoms with Crippen LogP contribution in [0.3, 0.4) is 0 Å². The molecule has 3 nitrogen and oxygen atoms in total. The van der Waals surface area contributed by atoms with Gasteiger partial charge in [0.25, 0.3) is 0 Å². The molecule has 1 N–H and O–H groups in total. The highest BCUT2D eigenvalue weighted by molar-refractivity contribution is 6.32. The maximum atomic E-state index is 6.51. The molecule has 0 bridgehead atoms. The molecule has 0 atom stereocenters. The van der Waals surface area contributed by atoms with Crippen LogP contribution in [-0.2, 0) is 13.2 Å². The van der Waals surface area contributed by atoms with Crippen LogP contribution in [0.2, 0.25) is 10.0 Å². The molecule has 0 aromatic heterocycles. The van der Waals surface area contributed by atoms with Gasteiger partial charge in [-0.2, -0.15) is 0 Å². The molecule has 0 fully saturated rings. The minimum absolute atomic E-state index is 0. The van der Waals surface area contributed by atoms with Crippen LogP contribution in [0.4, 0.5) is 0 Å². The Kier molecular flexibility index (Phi) is 9.62. The molecule has 0 radical (unpaired) electrons. The Balaban J connectivity index is 0.00000420. The molecule has 0 spiro atoms. The van der Waals surface area contributed by atoms with E-state index in [1.165, 1.54) is 0 Å². The van der Waals surface area contributed by atoms with Gasteiger partial charge in [0.2, 0.25) is 0 Å². The number of hydrogen-bond acceptors (Lipinski definition) is 3. The molecule has 29 heavy (non-hydrogen) atoms. The van der Waals surface area contributed by atoms with Gasteiger partial charge in [-0.3, -0.25) is 0 Å². The van der Waals surface area contributed by atoms with E-state index in [1.807, 2.05) is 36.4 Å². The normalized spacial score (nSPS) is 11.7. The van der Waals surface area contributed by atoms with Gasteiger partial charge in [0.15, 0.2) is 11.5 Å². The van der Waals surface area contributed by atoms with Gasteiger partial charge in [-0.25, -0.2) is 0 Å². The zero-order valence-corrected chi connectivity index (χ0v) is 20.4. The molecular formula is C23H32Cl3NO2. The summed E-state index contributed by atoms with van der Waals surface area (Å²) in [5, 5.41) is 4.81. The molecule has 2 aromatic carbocycles. The molecular weight excluding hydrogens is 429 g/mol. The summed E-state index contributed by atoms with van der Waals surface area (Å²) >= 11 is 12.7. The first-order valence-electron chi connectivity index (χ1n) is 9.48. The van der Waals surface area contributed by atoms with Crippen molar-refractivity contribution in [2.45, 2.75) is 59.7 Å². The van der Waals surface area contributed by atoms with Gasteiger partial charge >= 0.3 is 0 Å². The summed E-state index contributed by atoms with van der Waals surface area (Å²) in [5.74, 6) is 1.15. The molecule has 0 saturated heterocycles. The Morgan fingerprint density at radius 1 is 0.966 bits per heavy atom. The van der Waals surface area contributed by atoms with Crippen LogP contribution in [0, 0.1) is 5.41 Å². The van der Waals surface area contributed by atoms with Crippen LogP contribution < -0.4 is 14.8 Å². The fourth-order valence-electron chi connectivity index (χ4n) is 3.51. The van der Waals surface area contributed by atoms with Gasteiger partial charge in [0.05, 0.1) is 12.1 Å². The van der Waals surface area contributed by atoms with Crippen LogP contribution in [-0.4, -0.2) is 12.6 Å². The highest BCUT2D eigenvalue weighted by Gasteiger charge is 2.25. The van der Waals surface area contributed by atoms with E-state index in [4.69, 9.17) is 32.7 Å². The quantitative estimate of drug-likeness (QED) is 0.448. The van der Waals surface area contributed by atoms with Crippen molar-refractivity contribution in [2.75, 3.05) is 7.11 Å². The summed E-state index contributed by atoms with van der Waals surface area (Å²) in [6.07, 6.45) is 1.06. The van der Waals surface area contributed by atoms with E-state index in [2.05, 4.69) is 39.9 Å². The smallest absolute Gasteiger partial charge is 0.180 e. The second-order valence-corrected chi connectivity index (χ2v) is 9.78. The molecule has 6 heteroatoms. The summed E-state index contributed by atoms with van der Waals surface area (Å²) < 4.78 is 11.5. The van der Waals surface area contributed by atoms with Crippen molar-refractivity contribution in [3.05, 3.63) is 57.6 Å². The maximum Gasteiger partial charge on any atom is 0.180 e. The predicted molar refractivity (Wildman–Crippen MR) is 126 cm³/mol. The Morgan fingerprint density at radius 2 is 1.62 bits per heavy atom. The van der Waals surface area contributed by atoms with Crippen molar-refractivity contribution in [2.24, 2.45) is 5.41 Å². The van der Waals surface area contributed by atoms with E-state index in [-0.39, 0.29) is 23.4 Å². The van der Waals surface area contributed by atoms with Crippen LogP contribution in [0.25, 0.3) is 0 Å². The topological polar surface area (TPSA) is 30.5 Å². The van der Waals surface area contributed by atoms with Gasteiger partial charge in [0.1, 0.15) is 6.61 Å². The summed E-state index contributed by atoms with van der Waals surface area (Å²) in [5.41, 5.74) is 2.21. The average molecular weight is 461 g/mol. The lowest BCUT2D eigenvalue weighted by Crippen LogP contribution is -2.41. The lowest BCUT2D eigenvalue weighted by atomic mass is 9.82. The molecule has 0 aliphatic carbocycles. The first-order chi connectivity index (χ1) is 13.0.